The Morgan fingerprint density at radius 3 is 2.15 bits per heavy atom. The first kappa shape index (κ1) is 43.2. The van der Waals surface area contributed by atoms with Gasteiger partial charge in [-0.05, 0) is 57.3 Å². The average molecular weight is 739 g/mol. The summed E-state index contributed by atoms with van der Waals surface area (Å²) in [5, 5.41) is 11.2. The van der Waals surface area contributed by atoms with Gasteiger partial charge in [0.25, 0.3) is 5.91 Å². The monoisotopic (exact) mass is 738 g/mol. The van der Waals surface area contributed by atoms with Gasteiger partial charge in [0, 0.05) is 43.8 Å². The Hall–Kier alpha value is -4.21. The van der Waals surface area contributed by atoms with Crippen molar-refractivity contribution in [2.45, 2.75) is 143 Å². The van der Waals surface area contributed by atoms with Crippen LogP contribution >= 0.6 is 0 Å². The third kappa shape index (κ3) is 11.4. The first-order valence-corrected chi connectivity index (χ1v) is 19.4. The quantitative estimate of drug-likeness (QED) is 0.0810. The number of hydrogen-bond acceptors (Lipinski definition) is 7. The van der Waals surface area contributed by atoms with Gasteiger partial charge in [-0.1, -0.05) is 65.9 Å². The van der Waals surface area contributed by atoms with Crippen LogP contribution in [0.25, 0.3) is 0 Å². The number of Topliss-reactive ketones (excluding diaryl/α,β-unsaturated/α-hetero) is 1. The van der Waals surface area contributed by atoms with Crippen molar-refractivity contribution in [3.63, 3.8) is 0 Å². The Balaban J connectivity index is 1.93. The molecule has 3 fully saturated rings. The summed E-state index contributed by atoms with van der Waals surface area (Å²) >= 11 is 0. The second-order valence-electron chi connectivity index (χ2n) is 16.5. The lowest BCUT2D eigenvalue weighted by Gasteiger charge is -2.39. The fourth-order valence-electron chi connectivity index (χ4n) is 7.66. The summed E-state index contributed by atoms with van der Waals surface area (Å²) in [5.41, 5.74) is -1.35. The van der Waals surface area contributed by atoms with Gasteiger partial charge in [-0.2, -0.15) is 0 Å². The molecule has 0 bridgehead atoms. The normalized spacial score (nSPS) is 21.5. The highest BCUT2D eigenvalue weighted by Crippen LogP contribution is 2.40. The van der Waals surface area contributed by atoms with Crippen molar-refractivity contribution in [1.82, 2.24) is 31.1 Å². The van der Waals surface area contributed by atoms with Gasteiger partial charge < -0.3 is 26.2 Å². The predicted octanol–water partition coefficient (Wildman–Crippen LogP) is 3.61. The lowest BCUT2D eigenvalue weighted by Crippen LogP contribution is -2.62. The van der Waals surface area contributed by atoms with Crippen LogP contribution in [-0.4, -0.2) is 95.0 Å². The highest BCUT2D eigenvalue weighted by molar-refractivity contribution is 6.38. The molecule has 0 spiro atoms. The van der Waals surface area contributed by atoms with Crippen LogP contribution in [0.1, 0.15) is 119 Å². The van der Waals surface area contributed by atoms with Crippen LogP contribution in [0, 0.1) is 35.0 Å². The molecule has 0 radical (unpaired) electrons. The van der Waals surface area contributed by atoms with Gasteiger partial charge in [0.2, 0.25) is 29.4 Å². The molecule has 3 aliphatic rings. The lowest BCUT2D eigenvalue weighted by atomic mass is 9.75. The van der Waals surface area contributed by atoms with Crippen LogP contribution in [0.5, 0.6) is 0 Å². The van der Waals surface area contributed by atoms with E-state index in [9.17, 15) is 33.6 Å². The number of likely N-dealkylation sites (tertiary alicyclic amines) is 2. The summed E-state index contributed by atoms with van der Waals surface area (Å²) in [6.45, 7) is 15.2. The standard InChI is InChI=1S/C40H62N6O7/c1-9-12-19-28(34(49)36(51)41-23-10-2)42-35(50)33-27(40(7,8)11-3)22-24-45(33)37(52)32(26-17-14-13-15-18-26)44-38(53)43-29(39(4,5)6)25-46-30(47)20-16-21-31(46)48/h3,10,26-29,32-33H,2,9,12-25H2,1,4-8H3,(H,41,51)(H,42,50)(H2,43,44,53)/t27-,28?,29+,32-,33-/m0/s1. The van der Waals surface area contributed by atoms with Crippen molar-refractivity contribution >= 4 is 41.4 Å². The maximum atomic E-state index is 14.8. The van der Waals surface area contributed by atoms with E-state index in [4.69, 9.17) is 6.42 Å². The number of piperidine rings is 1. The molecular weight excluding hydrogens is 676 g/mol. The van der Waals surface area contributed by atoms with E-state index in [0.717, 1.165) is 25.7 Å². The number of amides is 7. The van der Waals surface area contributed by atoms with Crippen molar-refractivity contribution < 1.29 is 33.6 Å². The number of rotatable bonds is 16. The minimum absolute atomic E-state index is 0.0113. The molecule has 1 unspecified atom stereocenters. The Labute approximate surface area is 315 Å². The predicted molar refractivity (Wildman–Crippen MR) is 202 cm³/mol. The molecule has 1 saturated carbocycles. The topological polar surface area (TPSA) is 174 Å². The molecule has 13 heteroatoms. The summed E-state index contributed by atoms with van der Waals surface area (Å²) in [5.74, 6) is -1.04. The minimum Gasteiger partial charge on any atom is -0.346 e. The fraction of sp³-hybridized carbons (Fsp3) is 0.725. The van der Waals surface area contributed by atoms with E-state index in [0.29, 0.717) is 32.1 Å². The summed E-state index contributed by atoms with van der Waals surface area (Å²) in [6.07, 6.45) is 14.6. The van der Waals surface area contributed by atoms with Crippen molar-refractivity contribution in [3.8, 4) is 12.3 Å². The minimum atomic E-state index is -1.11. The molecule has 2 heterocycles. The molecule has 0 aromatic carbocycles. The number of unbranched alkanes of at least 4 members (excludes halogenated alkanes) is 1. The van der Waals surface area contributed by atoms with Crippen molar-refractivity contribution in [3.05, 3.63) is 12.7 Å². The molecule has 0 aromatic rings. The van der Waals surface area contributed by atoms with Crippen molar-refractivity contribution in [2.24, 2.45) is 22.7 Å². The van der Waals surface area contributed by atoms with E-state index in [1.807, 2.05) is 41.5 Å². The second kappa shape index (κ2) is 19.2. The Morgan fingerprint density at radius 1 is 0.943 bits per heavy atom. The number of urea groups is 1. The average Bonchev–Trinajstić information content (AvgIpc) is 3.58. The first-order chi connectivity index (χ1) is 25.0. The third-order valence-corrected chi connectivity index (χ3v) is 11.1. The van der Waals surface area contributed by atoms with Crippen LogP contribution in [0.15, 0.2) is 12.7 Å². The molecule has 0 aromatic heterocycles. The van der Waals surface area contributed by atoms with Crippen LogP contribution in [0.2, 0.25) is 0 Å². The number of carbonyl (C=O) groups excluding carboxylic acids is 7. The first-order valence-electron chi connectivity index (χ1n) is 19.4. The van der Waals surface area contributed by atoms with Gasteiger partial charge >= 0.3 is 6.03 Å². The van der Waals surface area contributed by atoms with Gasteiger partial charge in [-0.25, -0.2) is 4.79 Å². The molecule has 2 aliphatic heterocycles. The zero-order valence-electron chi connectivity index (χ0n) is 32.7. The Morgan fingerprint density at radius 2 is 1.58 bits per heavy atom. The van der Waals surface area contributed by atoms with Crippen molar-refractivity contribution in [1.29, 1.82) is 0 Å². The van der Waals surface area contributed by atoms with E-state index in [1.54, 1.807) is 0 Å². The van der Waals surface area contributed by atoms with Crippen LogP contribution in [0.3, 0.4) is 0 Å². The van der Waals surface area contributed by atoms with E-state index in [-0.39, 0.29) is 56.6 Å². The van der Waals surface area contributed by atoms with Gasteiger partial charge in [-0.3, -0.25) is 33.7 Å². The molecule has 5 atom stereocenters. The zero-order valence-corrected chi connectivity index (χ0v) is 32.7. The fourth-order valence-corrected chi connectivity index (χ4v) is 7.66. The number of nitrogens with one attached hydrogen (secondary N) is 4. The molecule has 2 saturated heterocycles. The van der Waals surface area contributed by atoms with Crippen LogP contribution in [0.4, 0.5) is 4.79 Å². The SMILES string of the molecule is C#CC(C)(C)[C@H]1CCN(C(=O)[C@@H](NC(=O)N[C@H](CN2C(=O)CCCC2=O)C(C)(C)C)C2CCCCC2)[C@@H]1C(=O)NC(CCCC)C(=O)C(=O)NCC=C. The van der Waals surface area contributed by atoms with Gasteiger partial charge in [0.15, 0.2) is 0 Å². The molecule has 4 N–H and O–H groups in total. The second-order valence-corrected chi connectivity index (χ2v) is 16.5. The summed E-state index contributed by atoms with van der Waals surface area (Å²) in [7, 11) is 0. The van der Waals surface area contributed by atoms with Crippen LogP contribution in [-0.2, 0) is 28.8 Å². The number of hydrogen-bond donors (Lipinski definition) is 4. The van der Waals surface area contributed by atoms with Gasteiger partial charge in [0.05, 0.1) is 12.1 Å². The molecule has 1 aliphatic carbocycles. The summed E-state index contributed by atoms with van der Waals surface area (Å²) in [4.78, 5) is 96.9. The molecule has 3 rings (SSSR count). The number of carbonyl (C=O) groups is 7. The number of ketones is 1. The summed E-state index contributed by atoms with van der Waals surface area (Å²) < 4.78 is 0. The van der Waals surface area contributed by atoms with Gasteiger partial charge in [-0.15, -0.1) is 18.9 Å². The van der Waals surface area contributed by atoms with E-state index >= 15 is 0 Å². The largest absolute Gasteiger partial charge is 0.346 e. The zero-order chi connectivity index (χ0) is 39.5. The van der Waals surface area contributed by atoms with Gasteiger partial charge in [0.1, 0.15) is 12.1 Å². The third-order valence-electron chi connectivity index (χ3n) is 11.1. The molecule has 294 valence electrons. The highest BCUT2D eigenvalue weighted by atomic mass is 16.2. The Kier molecular flexibility index (Phi) is 15.7. The Bertz CT molecular complexity index is 1410. The van der Waals surface area contributed by atoms with Crippen LogP contribution < -0.4 is 21.3 Å². The molecule has 53 heavy (non-hydrogen) atoms. The molecular formula is C40H62N6O7. The maximum Gasteiger partial charge on any atom is 0.315 e. The van der Waals surface area contributed by atoms with E-state index in [2.05, 4.69) is 33.8 Å². The lowest BCUT2D eigenvalue weighted by molar-refractivity contribution is -0.148. The van der Waals surface area contributed by atoms with E-state index in [1.165, 1.54) is 15.9 Å². The smallest absolute Gasteiger partial charge is 0.315 e. The number of nitrogens with zero attached hydrogens (tertiary/aromatic N) is 2. The van der Waals surface area contributed by atoms with Crippen molar-refractivity contribution in [2.75, 3.05) is 19.6 Å². The maximum absolute atomic E-state index is 14.8. The summed E-state index contributed by atoms with van der Waals surface area (Å²) in [6, 6.07) is -4.36. The number of imide groups is 1. The molecule has 7 amide bonds. The number of terminal acetylenes is 1. The highest BCUT2D eigenvalue weighted by Gasteiger charge is 2.50. The molecule has 13 nitrogen and oxygen atoms in total. The van der Waals surface area contributed by atoms with E-state index < -0.39 is 70.5 Å².